The molecular weight excluding hydrogens is 420 g/mol. The van der Waals surface area contributed by atoms with Crippen molar-refractivity contribution in [1.29, 1.82) is 0 Å². The second kappa shape index (κ2) is 8.74. The van der Waals surface area contributed by atoms with E-state index in [1.54, 1.807) is 24.3 Å². The SMILES string of the molecule is CN(C)c1ccc2c(c1)S(=O)(=O)c1cc(N(C)C)cc(/C=C/CCCC(C)(C)C)c1C2=O. The van der Waals surface area contributed by atoms with Gasteiger partial charge in [0.05, 0.1) is 9.79 Å². The van der Waals surface area contributed by atoms with Gasteiger partial charge in [0.25, 0.3) is 0 Å². The van der Waals surface area contributed by atoms with Crippen LogP contribution in [0.2, 0.25) is 0 Å². The van der Waals surface area contributed by atoms with E-state index in [0.29, 0.717) is 5.56 Å². The Kier molecular flexibility index (Phi) is 6.57. The molecule has 1 aliphatic heterocycles. The number of hydrogen-bond donors (Lipinski definition) is 0. The molecule has 0 radical (unpaired) electrons. The summed E-state index contributed by atoms with van der Waals surface area (Å²) in [7, 11) is 3.60. The average molecular weight is 455 g/mol. The van der Waals surface area contributed by atoms with Gasteiger partial charge in [-0.15, -0.1) is 0 Å². The highest BCUT2D eigenvalue weighted by molar-refractivity contribution is 7.91. The predicted octanol–water partition coefficient (Wildman–Crippen LogP) is 5.43. The Morgan fingerprint density at radius 2 is 1.53 bits per heavy atom. The highest BCUT2D eigenvalue weighted by atomic mass is 32.2. The van der Waals surface area contributed by atoms with Gasteiger partial charge in [0, 0.05) is 50.7 Å². The number of carbonyl (C=O) groups is 1. The zero-order chi connectivity index (χ0) is 23.8. The molecule has 1 heterocycles. The second-order valence-electron chi connectivity index (χ2n) is 10.1. The minimum absolute atomic E-state index is 0.0808. The molecule has 0 aliphatic carbocycles. The van der Waals surface area contributed by atoms with Crippen molar-refractivity contribution in [2.24, 2.45) is 5.41 Å². The molecule has 0 fully saturated rings. The molecule has 0 saturated heterocycles. The number of benzene rings is 2. The van der Waals surface area contributed by atoms with Crippen LogP contribution in [0.3, 0.4) is 0 Å². The summed E-state index contributed by atoms with van der Waals surface area (Å²) in [6.45, 7) is 6.66. The van der Waals surface area contributed by atoms with E-state index < -0.39 is 9.84 Å². The quantitative estimate of drug-likeness (QED) is 0.465. The number of carbonyl (C=O) groups excluding carboxylic acids is 1. The smallest absolute Gasteiger partial charge is 0.208 e. The maximum absolute atomic E-state index is 13.6. The molecule has 0 amide bonds. The Bertz CT molecular complexity index is 1170. The van der Waals surface area contributed by atoms with Crippen LogP contribution in [0.25, 0.3) is 6.08 Å². The van der Waals surface area contributed by atoms with Crippen molar-refractivity contribution < 1.29 is 13.2 Å². The third-order valence-corrected chi connectivity index (χ3v) is 7.58. The van der Waals surface area contributed by atoms with Crippen molar-refractivity contribution in [3.63, 3.8) is 0 Å². The molecule has 0 aromatic heterocycles. The van der Waals surface area contributed by atoms with Gasteiger partial charge in [-0.25, -0.2) is 8.42 Å². The van der Waals surface area contributed by atoms with Crippen molar-refractivity contribution in [2.45, 2.75) is 49.8 Å². The Morgan fingerprint density at radius 1 is 0.906 bits per heavy atom. The van der Waals surface area contributed by atoms with Crippen molar-refractivity contribution >= 4 is 33.1 Å². The highest BCUT2D eigenvalue weighted by Gasteiger charge is 2.37. The van der Waals surface area contributed by atoms with Crippen molar-refractivity contribution in [3.05, 3.63) is 53.1 Å². The first-order valence-corrected chi connectivity index (χ1v) is 12.4. The van der Waals surface area contributed by atoms with Crippen LogP contribution in [0.5, 0.6) is 0 Å². The number of fused-ring (bicyclic) bond motifs is 2. The van der Waals surface area contributed by atoms with Gasteiger partial charge in [-0.05, 0) is 60.6 Å². The number of hydrogen-bond acceptors (Lipinski definition) is 5. The summed E-state index contributed by atoms with van der Waals surface area (Å²) in [5.74, 6) is -0.241. The first-order valence-electron chi connectivity index (χ1n) is 11.0. The molecule has 0 saturated carbocycles. The van der Waals surface area contributed by atoms with Crippen LogP contribution < -0.4 is 9.80 Å². The lowest BCUT2D eigenvalue weighted by atomic mass is 9.90. The fourth-order valence-corrected chi connectivity index (χ4v) is 5.60. The van der Waals surface area contributed by atoms with Gasteiger partial charge in [0.15, 0.2) is 5.78 Å². The third-order valence-electron chi connectivity index (χ3n) is 5.76. The summed E-state index contributed by atoms with van der Waals surface area (Å²) >= 11 is 0. The van der Waals surface area contributed by atoms with Gasteiger partial charge in [-0.1, -0.05) is 32.9 Å². The first-order chi connectivity index (χ1) is 14.8. The largest absolute Gasteiger partial charge is 0.378 e. The average Bonchev–Trinajstić information content (AvgIpc) is 2.70. The number of nitrogens with zero attached hydrogens (tertiary/aromatic N) is 2. The number of sulfone groups is 1. The van der Waals surface area contributed by atoms with E-state index in [1.165, 1.54) is 0 Å². The number of rotatable bonds is 6. The Hall–Kier alpha value is -2.60. The topological polar surface area (TPSA) is 57.7 Å². The normalized spacial score (nSPS) is 14.9. The van der Waals surface area contributed by atoms with Crippen molar-refractivity contribution in [2.75, 3.05) is 38.0 Å². The molecule has 2 aromatic rings. The molecule has 6 heteroatoms. The molecule has 1 aliphatic rings. The number of allylic oxidation sites excluding steroid dienone is 1. The Balaban J connectivity index is 2.11. The Morgan fingerprint density at radius 3 is 2.12 bits per heavy atom. The monoisotopic (exact) mass is 454 g/mol. The van der Waals surface area contributed by atoms with Crippen LogP contribution in [0.15, 0.2) is 46.2 Å². The summed E-state index contributed by atoms with van der Waals surface area (Å²) in [4.78, 5) is 17.3. The summed E-state index contributed by atoms with van der Waals surface area (Å²) in [5.41, 5.74) is 2.93. The third kappa shape index (κ3) is 4.75. The van der Waals surface area contributed by atoms with Crippen LogP contribution in [0, 0.1) is 5.41 Å². The molecule has 5 nitrogen and oxygen atoms in total. The molecule has 32 heavy (non-hydrogen) atoms. The van der Waals surface area contributed by atoms with E-state index in [-0.39, 0.29) is 32.1 Å². The second-order valence-corrected chi connectivity index (χ2v) is 12.0. The number of ketones is 1. The minimum atomic E-state index is -3.83. The van der Waals surface area contributed by atoms with E-state index in [1.807, 2.05) is 56.2 Å². The zero-order valence-electron chi connectivity index (χ0n) is 20.2. The maximum atomic E-state index is 13.6. The first kappa shape index (κ1) is 24.1. The standard InChI is InChI=1S/C26H34N2O3S/c1-26(2,3)14-10-8-9-11-18-15-20(28(6)7)17-23-24(18)25(29)21-13-12-19(27(4)5)16-22(21)32(23,30)31/h9,11-13,15-17H,8,10,14H2,1-7H3/b11-9+. The fraction of sp³-hybridized carbons (Fsp3) is 0.423. The fourth-order valence-electron chi connectivity index (χ4n) is 3.88. The van der Waals surface area contributed by atoms with E-state index >= 15 is 0 Å². The van der Waals surface area contributed by atoms with Gasteiger partial charge in [0.1, 0.15) is 0 Å². The van der Waals surface area contributed by atoms with E-state index in [0.717, 1.165) is 30.6 Å². The molecule has 0 unspecified atom stereocenters. The zero-order valence-corrected chi connectivity index (χ0v) is 21.0. The molecule has 3 rings (SSSR count). The van der Waals surface area contributed by atoms with Crippen LogP contribution in [0.4, 0.5) is 11.4 Å². The molecule has 172 valence electrons. The van der Waals surface area contributed by atoms with Crippen LogP contribution in [0.1, 0.15) is 61.5 Å². The van der Waals surface area contributed by atoms with E-state index in [2.05, 4.69) is 20.8 Å². The lowest BCUT2D eigenvalue weighted by Crippen LogP contribution is -2.23. The molecular formula is C26H34N2O3S. The Labute approximate surface area is 192 Å². The van der Waals surface area contributed by atoms with Crippen molar-refractivity contribution in [1.82, 2.24) is 0 Å². The summed E-state index contributed by atoms with van der Waals surface area (Å²) in [5, 5.41) is 0. The molecule has 0 spiro atoms. The van der Waals surface area contributed by atoms with Gasteiger partial charge in [-0.2, -0.15) is 0 Å². The van der Waals surface area contributed by atoms with Crippen molar-refractivity contribution in [3.8, 4) is 0 Å². The molecule has 0 bridgehead atoms. The van der Waals surface area contributed by atoms with Crippen LogP contribution in [-0.4, -0.2) is 42.4 Å². The minimum Gasteiger partial charge on any atom is -0.378 e. The van der Waals surface area contributed by atoms with Gasteiger partial charge in [-0.3, -0.25) is 4.79 Å². The van der Waals surface area contributed by atoms with Gasteiger partial charge in [0.2, 0.25) is 9.84 Å². The summed E-state index contributed by atoms with van der Waals surface area (Å²) in [6, 6.07) is 8.52. The highest BCUT2D eigenvalue weighted by Crippen LogP contribution is 2.40. The molecule has 0 atom stereocenters. The number of unbranched alkanes of at least 4 members (excludes halogenated alkanes) is 1. The van der Waals surface area contributed by atoms with Gasteiger partial charge >= 0.3 is 0 Å². The molecule has 2 aromatic carbocycles. The summed E-state index contributed by atoms with van der Waals surface area (Å²) in [6.07, 6.45) is 6.97. The van der Waals surface area contributed by atoms with E-state index in [9.17, 15) is 13.2 Å². The summed E-state index contributed by atoms with van der Waals surface area (Å²) < 4.78 is 27.2. The predicted molar refractivity (Wildman–Crippen MR) is 133 cm³/mol. The molecule has 0 N–H and O–H groups in total. The van der Waals surface area contributed by atoms with Crippen LogP contribution >= 0.6 is 0 Å². The van der Waals surface area contributed by atoms with Crippen LogP contribution in [-0.2, 0) is 9.84 Å². The van der Waals surface area contributed by atoms with E-state index in [4.69, 9.17) is 0 Å². The lowest BCUT2D eigenvalue weighted by molar-refractivity contribution is 0.103. The maximum Gasteiger partial charge on any atom is 0.208 e. The lowest BCUT2D eigenvalue weighted by Gasteiger charge is -2.25. The number of anilines is 2. The van der Waals surface area contributed by atoms with Gasteiger partial charge < -0.3 is 9.80 Å².